The number of aryl methyl sites for hydroxylation is 1. The summed E-state index contributed by atoms with van der Waals surface area (Å²) in [6, 6.07) is 12.7. The number of H-pyrrole nitrogens is 1. The van der Waals surface area contributed by atoms with Crippen molar-refractivity contribution in [2.24, 2.45) is 0 Å². The second-order valence-corrected chi connectivity index (χ2v) is 7.28. The summed E-state index contributed by atoms with van der Waals surface area (Å²) >= 11 is 0. The topological polar surface area (TPSA) is 87.7 Å². The molecule has 0 aliphatic carbocycles. The molecular weight excluding hydrogens is 382 g/mol. The van der Waals surface area contributed by atoms with Crippen LogP contribution in [-0.2, 0) is 4.74 Å². The smallest absolute Gasteiger partial charge is 0.273 e. The summed E-state index contributed by atoms with van der Waals surface area (Å²) < 4.78 is 10.9. The van der Waals surface area contributed by atoms with Crippen LogP contribution in [0.2, 0.25) is 0 Å². The first-order valence-electron chi connectivity index (χ1n) is 9.96. The molecule has 0 spiro atoms. The molecule has 1 aliphatic heterocycles. The summed E-state index contributed by atoms with van der Waals surface area (Å²) in [7, 11) is 1.61. The van der Waals surface area contributed by atoms with Gasteiger partial charge in [-0.1, -0.05) is 23.8 Å². The van der Waals surface area contributed by atoms with E-state index in [2.05, 4.69) is 10.2 Å². The highest BCUT2D eigenvalue weighted by Gasteiger charge is 2.42. The Kier molecular flexibility index (Phi) is 5.46. The van der Waals surface area contributed by atoms with Crippen molar-refractivity contribution in [2.75, 3.05) is 26.9 Å². The van der Waals surface area contributed by atoms with E-state index in [1.54, 1.807) is 18.1 Å². The molecule has 0 radical (unpaired) electrons. The number of carbonyl (C=O) groups excluding carboxylic acids is 1. The molecule has 2 aromatic carbocycles. The van der Waals surface area contributed by atoms with Crippen molar-refractivity contribution in [3.8, 4) is 22.8 Å². The quantitative estimate of drug-likeness (QED) is 0.624. The second-order valence-electron chi connectivity index (χ2n) is 7.28. The van der Waals surface area contributed by atoms with Gasteiger partial charge in [0.2, 0.25) is 0 Å². The molecule has 1 aliphatic rings. The molecule has 2 N–H and O–H groups in total. The molecule has 156 valence electrons. The van der Waals surface area contributed by atoms with Gasteiger partial charge in [0.25, 0.3) is 5.91 Å². The zero-order chi connectivity index (χ0) is 21.3. The van der Waals surface area contributed by atoms with Crippen LogP contribution in [0.3, 0.4) is 0 Å². The minimum absolute atomic E-state index is 0.125. The van der Waals surface area contributed by atoms with Gasteiger partial charge in [-0.05, 0) is 43.7 Å². The van der Waals surface area contributed by atoms with Crippen molar-refractivity contribution < 1.29 is 19.4 Å². The van der Waals surface area contributed by atoms with Gasteiger partial charge in [-0.2, -0.15) is 5.10 Å². The molecule has 4 rings (SSSR count). The summed E-state index contributed by atoms with van der Waals surface area (Å²) in [4.78, 5) is 15.0. The van der Waals surface area contributed by atoms with Gasteiger partial charge in [0.05, 0.1) is 19.3 Å². The van der Waals surface area contributed by atoms with Crippen molar-refractivity contribution >= 4 is 5.91 Å². The van der Waals surface area contributed by atoms with E-state index in [-0.39, 0.29) is 17.7 Å². The Hall–Kier alpha value is -3.32. The summed E-state index contributed by atoms with van der Waals surface area (Å²) in [5.41, 5.74) is 4.28. The Labute approximate surface area is 175 Å². The first-order valence-corrected chi connectivity index (χ1v) is 9.96. The fourth-order valence-electron chi connectivity index (χ4n) is 3.95. The molecule has 3 aromatic rings. The number of aromatic hydroxyl groups is 1. The molecule has 0 bridgehead atoms. The minimum atomic E-state index is -0.364. The van der Waals surface area contributed by atoms with Gasteiger partial charge in [0.15, 0.2) is 0 Å². The fourth-order valence-corrected chi connectivity index (χ4v) is 3.95. The Morgan fingerprint density at radius 1 is 1.23 bits per heavy atom. The lowest BCUT2D eigenvalue weighted by Gasteiger charge is -2.26. The Morgan fingerprint density at radius 3 is 2.83 bits per heavy atom. The SMILES string of the molecule is CCOc1cccc([C@@H]2c3c(-c4cc(C)ccc4O)n[nH]c3C(=O)N2CCOC)c1. The van der Waals surface area contributed by atoms with Gasteiger partial charge >= 0.3 is 0 Å². The number of nitrogens with zero attached hydrogens (tertiary/aromatic N) is 2. The molecule has 1 amide bonds. The number of nitrogens with one attached hydrogen (secondary N) is 1. The summed E-state index contributed by atoms with van der Waals surface area (Å²) in [6.45, 7) is 5.29. The number of fused-ring (bicyclic) bond motifs is 1. The van der Waals surface area contributed by atoms with Crippen LogP contribution in [0.4, 0.5) is 0 Å². The number of amides is 1. The molecule has 0 fully saturated rings. The highest BCUT2D eigenvalue weighted by atomic mass is 16.5. The number of carbonyl (C=O) groups is 1. The Morgan fingerprint density at radius 2 is 2.07 bits per heavy atom. The normalized spacial score (nSPS) is 15.5. The van der Waals surface area contributed by atoms with Crippen LogP contribution in [-0.4, -0.2) is 53.0 Å². The predicted octanol–water partition coefficient (Wildman–Crippen LogP) is 3.68. The van der Waals surface area contributed by atoms with E-state index >= 15 is 0 Å². The molecule has 0 saturated carbocycles. The van der Waals surface area contributed by atoms with E-state index in [1.807, 2.05) is 50.2 Å². The second kappa shape index (κ2) is 8.20. The van der Waals surface area contributed by atoms with Gasteiger partial charge in [0.1, 0.15) is 22.9 Å². The van der Waals surface area contributed by atoms with Crippen molar-refractivity contribution in [3.05, 3.63) is 64.8 Å². The number of aromatic nitrogens is 2. The van der Waals surface area contributed by atoms with Gasteiger partial charge in [-0.3, -0.25) is 9.89 Å². The number of ether oxygens (including phenoxy) is 2. The number of rotatable bonds is 7. The van der Waals surface area contributed by atoms with E-state index < -0.39 is 0 Å². The van der Waals surface area contributed by atoms with Gasteiger partial charge in [-0.25, -0.2) is 0 Å². The zero-order valence-electron chi connectivity index (χ0n) is 17.3. The van der Waals surface area contributed by atoms with Crippen molar-refractivity contribution in [3.63, 3.8) is 0 Å². The highest BCUT2D eigenvalue weighted by molar-refractivity contribution is 6.00. The van der Waals surface area contributed by atoms with Crippen LogP contribution in [0.25, 0.3) is 11.3 Å². The molecule has 0 saturated heterocycles. The molecule has 7 heteroatoms. The summed E-state index contributed by atoms with van der Waals surface area (Å²) in [6.07, 6.45) is 0. The van der Waals surface area contributed by atoms with E-state index in [0.717, 1.165) is 22.4 Å². The number of hydrogen-bond acceptors (Lipinski definition) is 5. The summed E-state index contributed by atoms with van der Waals surface area (Å²) in [5.74, 6) is 0.727. The van der Waals surface area contributed by atoms with Crippen LogP contribution in [0.5, 0.6) is 11.5 Å². The third kappa shape index (κ3) is 3.41. The first-order chi connectivity index (χ1) is 14.5. The first kappa shape index (κ1) is 20.0. The van der Waals surface area contributed by atoms with Gasteiger partial charge < -0.3 is 19.5 Å². The number of phenolic OH excluding ortho intramolecular Hbond substituents is 1. The molecule has 1 atom stereocenters. The largest absolute Gasteiger partial charge is 0.507 e. The number of hydrogen-bond donors (Lipinski definition) is 2. The van der Waals surface area contributed by atoms with Crippen molar-refractivity contribution in [1.82, 2.24) is 15.1 Å². The van der Waals surface area contributed by atoms with Crippen LogP contribution < -0.4 is 4.74 Å². The van der Waals surface area contributed by atoms with Crippen LogP contribution in [0.15, 0.2) is 42.5 Å². The number of benzene rings is 2. The number of phenols is 1. The maximum atomic E-state index is 13.2. The molecule has 2 heterocycles. The average molecular weight is 407 g/mol. The Balaban J connectivity index is 1.88. The van der Waals surface area contributed by atoms with Gasteiger partial charge in [-0.15, -0.1) is 0 Å². The number of aromatic amines is 1. The molecule has 0 unspecified atom stereocenters. The Bertz CT molecular complexity index is 1080. The van der Waals surface area contributed by atoms with E-state index in [0.29, 0.717) is 36.7 Å². The van der Waals surface area contributed by atoms with Crippen molar-refractivity contribution in [2.45, 2.75) is 19.9 Å². The highest BCUT2D eigenvalue weighted by Crippen LogP contribution is 2.44. The average Bonchev–Trinajstić information content (AvgIpc) is 3.28. The standard InChI is InChI=1S/C23H25N3O4/c1-4-30-16-7-5-6-15(13-16)22-19-20(17-12-14(2)8-9-18(17)27)24-25-21(19)23(28)26(22)10-11-29-3/h5-9,12-13,22,27H,4,10-11H2,1-3H3,(H,24,25)/t22-/m1/s1. The maximum Gasteiger partial charge on any atom is 0.273 e. The van der Waals surface area contributed by atoms with Crippen LogP contribution in [0.1, 0.15) is 40.1 Å². The van der Waals surface area contributed by atoms with E-state index in [1.165, 1.54) is 0 Å². The maximum absolute atomic E-state index is 13.2. The molecular formula is C23H25N3O4. The van der Waals surface area contributed by atoms with E-state index in [4.69, 9.17) is 9.47 Å². The number of methoxy groups -OCH3 is 1. The fraction of sp³-hybridized carbons (Fsp3) is 0.304. The minimum Gasteiger partial charge on any atom is -0.507 e. The summed E-state index contributed by atoms with van der Waals surface area (Å²) in [5, 5.41) is 17.8. The third-order valence-electron chi connectivity index (χ3n) is 5.29. The monoisotopic (exact) mass is 407 g/mol. The van der Waals surface area contributed by atoms with Crippen LogP contribution >= 0.6 is 0 Å². The third-order valence-corrected chi connectivity index (χ3v) is 5.29. The van der Waals surface area contributed by atoms with Crippen molar-refractivity contribution in [1.29, 1.82) is 0 Å². The van der Waals surface area contributed by atoms with Gasteiger partial charge in [0, 0.05) is 24.8 Å². The zero-order valence-corrected chi connectivity index (χ0v) is 17.3. The van der Waals surface area contributed by atoms with Crippen LogP contribution in [0, 0.1) is 6.92 Å². The lowest BCUT2D eigenvalue weighted by atomic mass is 9.95. The molecule has 1 aromatic heterocycles. The lowest BCUT2D eigenvalue weighted by molar-refractivity contribution is 0.0677. The lowest BCUT2D eigenvalue weighted by Crippen LogP contribution is -2.32. The molecule has 30 heavy (non-hydrogen) atoms. The predicted molar refractivity (Wildman–Crippen MR) is 113 cm³/mol. The molecule has 7 nitrogen and oxygen atoms in total. The van der Waals surface area contributed by atoms with E-state index in [9.17, 15) is 9.90 Å².